The molecule has 0 radical (unpaired) electrons. The standard InChI is InChI=1S/C28H26O8/c1-5-34-28(30)27(17-9-7-6-8-10-17)35-19-11-12-20-22(15-19)36-25(26(20)29)14-18-13-23(32-3)24(33-4)16-21(18)31-2/h6-16,27H,5H2,1-4H3/t27-/m1/s1. The van der Waals surface area contributed by atoms with Crippen molar-refractivity contribution >= 4 is 17.8 Å². The van der Waals surface area contributed by atoms with E-state index in [1.807, 2.05) is 18.2 Å². The van der Waals surface area contributed by atoms with Gasteiger partial charge in [-0.25, -0.2) is 4.79 Å². The van der Waals surface area contributed by atoms with Crippen LogP contribution in [0.4, 0.5) is 0 Å². The molecule has 4 rings (SSSR count). The molecular formula is C28H26O8. The maximum absolute atomic E-state index is 13.0. The molecule has 0 spiro atoms. The molecular weight excluding hydrogens is 464 g/mol. The summed E-state index contributed by atoms with van der Waals surface area (Å²) in [6, 6.07) is 17.2. The van der Waals surface area contributed by atoms with Crippen LogP contribution in [0.15, 0.2) is 66.4 Å². The van der Waals surface area contributed by atoms with Gasteiger partial charge in [-0.2, -0.15) is 0 Å². The van der Waals surface area contributed by atoms with Gasteiger partial charge in [0.05, 0.1) is 33.5 Å². The number of carbonyl (C=O) groups excluding carboxylic acids is 2. The van der Waals surface area contributed by atoms with Crippen molar-refractivity contribution in [3.05, 3.63) is 83.1 Å². The zero-order chi connectivity index (χ0) is 25.7. The van der Waals surface area contributed by atoms with Crippen LogP contribution in [-0.2, 0) is 9.53 Å². The van der Waals surface area contributed by atoms with E-state index >= 15 is 0 Å². The minimum atomic E-state index is -0.965. The number of rotatable bonds is 9. The maximum Gasteiger partial charge on any atom is 0.352 e. The number of esters is 1. The largest absolute Gasteiger partial charge is 0.496 e. The van der Waals surface area contributed by atoms with Crippen LogP contribution in [0.3, 0.4) is 0 Å². The van der Waals surface area contributed by atoms with E-state index in [2.05, 4.69) is 0 Å². The lowest BCUT2D eigenvalue weighted by Gasteiger charge is -2.18. The second-order valence-corrected chi connectivity index (χ2v) is 7.71. The summed E-state index contributed by atoms with van der Waals surface area (Å²) >= 11 is 0. The van der Waals surface area contributed by atoms with Gasteiger partial charge < -0.3 is 28.4 Å². The van der Waals surface area contributed by atoms with Crippen molar-refractivity contribution in [1.82, 2.24) is 0 Å². The van der Waals surface area contributed by atoms with Gasteiger partial charge >= 0.3 is 5.97 Å². The Balaban J connectivity index is 1.63. The fourth-order valence-corrected chi connectivity index (χ4v) is 3.78. The lowest BCUT2D eigenvalue weighted by Crippen LogP contribution is -2.21. The molecule has 1 atom stereocenters. The second-order valence-electron chi connectivity index (χ2n) is 7.71. The highest BCUT2D eigenvalue weighted by Gasteiger charge is 2.30. The summed E-state index contributed by atoms with van der Waals surface area (Å²) < 4.78 is 33.2. The van der Waals surface area contributed by atoms with Gasteiger partial charge in [0.2, 0.25) is 11.9 Å². The second kappa shape index (κ2) is 10.9. The molecule has 8 heteroatoms. The molecule has 1 heterocycles. The summed E-state index contributed by atoms with van der Waals surface area (Å²) in [6.45, 7) is 1.96. The van der Waals surface area contributed by atoms with Crippen molar-refractivity contribution in [1.29, 1.82) is 0 Å². The van der Waals surface area contributed by atoms with Crippen molar-refractivity contribution in [3.63, 3.8) is 0 Å². The van der Waals surface area contributed by atoms with Crippen molar-refractivity contribution in [2.45, 2.75) is 13.0 Å². The van der Waals surface area contributed by atoms with Gasteiger partial charge in [-0.05, 0) is 31.2 Å². The van der Waals surface area contributed by atoms with Gasteiger partial charge in [0.15, 0.2) is 17.3 Å². The third-order valence-electron chi connectivity index (χ3n) is 5.52. The summed E-state index contributed by atoms with van der Waals surface area (Å²) in [5.41, 5.74) is 1.60. The highest BCUT2D eigenvalue weighted by Crippen LogP contribution is 2.39. The number of Topliss-reactive ketones (excluding diaryl/α,β-unsaturated/α-hetero) is 1. The number of hydrogen-bond donors (Lipinski definition) is 0. The molecule has 0 saturated carbocycles. The fourth-order valence-electron chi connectivity index (χ4n) is 3.78. The average Bonchev–Trinajstić information content (AvgIpc) is 3.21. The number of fused-ring (bicyclic) bond motifs is 1. The van der Waals surface area contributed by atoms with E-state index in [-0.39, 0.29) is 18.1 Å². The summed E-state index contributed by atoms with van der Waals surface area (Å²) in [6.07, 6.45) is 0.613. The van der Waals surface area contributed by atoms with Crippen molar-refractivity contribution in [3.8, 4) is 28.7 Å². The predicted molar refractivity (Wildman–Crippen MR) is 132 cm³/mol. The van der Waals surface area contributed by atoms with Gasteiger partial charge in [-0.15, -0.1) is 0 Å². The Labute approximate surface area is 209 Å². The van der Waals surface area contributed by atoms with Crippen molar-refractivity contribution in [2.75, 3.05) is 27.9 Å². The Morgan fingerprint density at radius 3 is 2.28 bits per heavy atom. The minimum absolute atomic E-state index is 0.109. The Morgan fingerprint density at radius 2 is 1.61 bits per heavy atom. The Morgan fingerprint density at radius 1 is 0.917 bits per heavy atom. The molecule has 1 aliphatic heterocycles. The van der Waals surface area contributed by atoms with Crippen LogP contribution in [0, 0.1) is 0 Å². The first-order valence-electron chi connectivity index (χ1n) is 11.3. The summed E-state index contributed by atoms with van der Waals surface area (Å²) in [4.78, 5) is 25.6. The normalized spacial score (nSPS) is 14.0. The Hall–Kier alpha value is -4.46. The molecule has 3 aromatic rings. The number of carbonyl (C=O) groups is 2. The minimum Gasteiger partial charge on any atom is -0.496 e. The van der Waals surface area contributed by atoms with E-state index in [9.17, 15) is 9.59 Å². The first kappa shape index (κ1) is 24.7. The fraction of sp³-hybridized carbons (Fsp3) is 0.214. The molecule has 0 aliphatic carbocycles. The van der Waals surface area contributed by atoms with Crippen LogP contribution < -0.4 is 23.7 Å². The highest BCUT2D eigenvalue weighted by molar-refractivity contribution is 6.14. The summed E-state index contributed by atoms with van der Waals surface area (Å²) in [5, 5.41) is 0. The summed E-state index contributed by atoms with van der Waals surface area (Å²) in [7, 11) is 4.57. The molecule has 0 amide bonds. The van der Waals surface area contributed by atoms with Gasteiger partial charge in [0, 0.05) is 23.3 Å². The SMILES string of the molecule is CCOC(=O)[C@H](Oc1ccc2c(c1)OC(=Cc1cc(OC)c(OC)cc1OC)C2=O)c1ccccc1. The van der Waals surface area contributed by atoms with Crippen molar-refractivity contribution in [2.24, 2.45) is 0 Å². The van der Waals surface area contributed by atoms with E-state index in [1.165, 1.54) is 21.3 Å². The topological polar surface area (TPSA) is 89.5 Å². The van der Waals surface area contributed by atoms with E-state index in [4.69, 9.17) is 28.4 Å². The first-order chi connectivity index (χ1) is 17.5. The quantitative estimate of drug-likeness (QED) is 0.305. The zero-order valence-electron chi connectivity index (χ0n) is 20.4. The van der Waals surface area contributed by atoms with Crippen LogP contribution in [0.5, 0.6) is 28.7 Å². The van der Waals surface area contributed by atoms with E-state index in [1.54, 1.807) is 55.5 Å². The molecule has 186 valence electrons. The van der Waals surface area contributed by atoms with Crippen LogP contribution in [0.2, 0.25) is 0 Å². The third kappa shape index (κ3) is 4.98. The predicted octanol–water partition coefficient (Wildman–Crippen LogP) is 5.01. The number of hydrogen-bond acceptors (Lipinski definition) is 8. The van der Waals surface area contributed by atoms with Gasteiger partial charge in [-0.1, -0.05) is 30.3 Å². The smallest absolute Gasteiger partial charge is 0.352 e. The maximum atomic E-state index is 13.0. The zero-order valence-corrected chi connectivity index (χ0v) is 20.4. The number of methoxy groups -OCH3 is 3. The van der Waals surface area contributed by atoms with E-state index in [0.29, 0.717) is 45.4 Å². The number of allylic oxidation sites excluding steroid dienone is 1. The van der Waals surface area contributed by atoms with E-state index < -0.39 is 12.1 Å². The average molecular weight is 491 g/mol. The summed E-state index contributed by atoms with van der Waals surface area (Å²) in [5.74, 6) is 1.44. The molecule has 0 aromatic heterocycles. The van der Waals surface area contributed by atoms with Crippen LogP contribution in [0.25, 0.3) is 6.08 Å². The molecule has 0 fully saturated rings. The van der Waals surface area contributed by atoms with E-state index in [0.717, 1.165) is 0 Å². The van der Waals surface area contributed by atoms with Crippen molar-refractivity contribution < 1.29 is 38.0 Å². The molecule has 1 aliphatic rings. The monoisotopic (exact) mass is 490 g/mol. The lowest BCUT2D eigenvalue weighted by molar-refractivity contribution is -0.151. The number of ketones is 1. The molecule has 8 nitrogen and oxygen atoms in total. The molecule has 36 heavy (non-hydrogen) atoms. The van der Waals surface area contributed by atoms with Gasteiger partial charge in [0.1, 0.15) is 17.2 Å². The molecule has 0 bridgehead atoms. The Kier molecular flexibility index (Phi) is 7.44. The molecule has 3 aromatic carbocycles. The Bertz CT molecular complexity index is 1300. The van der Waals surface area contributed by atoms with Crippen LogP contribution in [0.1, 0.15) is 34.5 Å². The molecule has 0 N–H and O–H groups in total. The lowest BCUT2D eigenvalue weighted by atomic mass is 10.1. The van der Waals surface area contributed by atoms with Crippen LogP contribution >= 0.6 is 0 Å². The number of benzene rings is 3. The van der Waals surface area contributed by atoms with Gasteiger partial charge in [0.25, 0.3) is 0 Å². The number of ether oxygens (including phenoxy) is 6. The molecule has 0 saturated heterocycles. The first-order valence-corrected chi connectivity index (χ1v) is 11.3. The third-order valence-corrected chi connectivity index (χ3v) is 5.52. The van der Waals surface area contributed by atoms with Gasteiger partial charge in [-0.3, -0.25) is 4.79 Å². The molecule has 0 unspecified atom stereocenters. The highest BCUT2D eigenvalue weighted by atomic mass is 16.6. The van der Waals surface area contributed by atoms with Crippen LogP contribution in [-0.4, -0.2) is 39.7 Å².